The first kappa shape index (κ1) is 16.6. The molecular formula is C20H28N4O. The largest absolute Gasteiger partial charge is 0.474 e. The molecule has 134 valence electrons. The summed E-state index contributed by atoms with van der Waals surface area (Å²) >= 11 is 0. The van der Waals surface area contributed by atoms with Gasteiger partial charge < -0.3 is 10.1 Å². The van der Waals surface area contributed by atoms with Crippen molar-refractivity contribution in [3.8, 4) is 5.88 Å². The molecular weight excluding hydrogens is 312 g/mol. The van der Waals surface area contributed by atoms with Gasteiger partial charge >= 0.3 is 0 Å². The van der Waals surface area contributed by atoms with Gasteiger partial charge in [0.15, 0.2) is 0 Å². The van der Waals surface area contributed by atoms with E-state index in [9.17, 15) is 0 Å². The van der Waals surface area contributed by atoms with Gasteiger partial charge in [-0.1, -0.05) is 6.42 Å². The van der Waals surface area contributed by atoms with Crippen LogP contribution in [0.3, 0.4) is 0 Å². The van der Waals surface area contributed by atoms with Crippen LogP contribution in [0.2, 0.25) is 0 Å². The van der Waals surface area contributed by atoms with Crippen molar-refractivity contribution in [2.24, 2.45) is 7.05 Å². The van der Waals surface area contributed by atoms with E-state index < -0.39 is 0 Å². The van der Waals surface area contributed by atoms with Crippen molar-refractivity contribution in [3.05, 3.63) is 41.3 Å². The van der Waals surface area contributed by atoms with Crippen LogP contribution in [0, 0.1) is 0 Å². The van der Waals surface area contributed by atoms with Gasteiger partial charge in [-0.05, 0) is 56.6 Å². The number of nitrogens with zero attached hydrogens (tertiary/aromatic N) is 3. The van der Waals surface area contributed by atoms with E-state index in [-0.39, 0.29) is 0 Å². The normalized spacial score (nSPS) is 21.1. The van der Waals surface area contributed by atoms with Crippen molar-refractivity contribution < 1.29 is 4.74 Å². The van der Waals surface area contributed by atoms with Crippen LogP contribution in [0.25, 0.3) is 0 Å². The van der Waals surface area contributed by atoms with Gasteiger partial charge in [-0.3, -0.25) is 4.68 Å². The maximum absolute atomic E-state index is 6.10. The Labute approximate surface area is 149 Å². The molecule has 0 unspecified atom stereocenters. The Kier molecular flexibility index (Phi) is 5.02. The second kappa shape index (κ2) is 7.56. The maximum Gasteiger partial charge on any atom is 0.213 e. The van der Waals surface area contributed by atoms with E-state index in [0.717, 1.165) is 31.7 Å². The smallest absolute Gasteiger partial charge is 0.213 e. The average Bonchev–Trinajstić information content (AvgIpc) is 3.03. The van der Waals surface area contributed by atoms with Gasteiger partial charge in [0.05, 0.1) is 6.20 Å². The number of aryl methyl sites for hydroxylation is 1. The van der Waals surface area contributed by atoms with Crippen LogP contribution >= 0.6 is 0 Å². The lowest BCUT2D eigenvalue weighted by Gasteiger charge is -2.24. The summed E-state index contributed by atoms with van der Waals surface area (Å²) in [6.45, 7) is 0.836. The summed E-state index contributed by atoms with van der Waals surface area (Å²) in [5.74, 6) is 0.775. The quantitative estimate of drug-likeness (QED) is 0.902. The minimum atomic E-state index is 0.348. The van der Waals surface area contributed by atoms with Gasteiger partial charge in [0.1, 0.15) is 6.10 Å². The van der Waals surface area contributed by atoms with Crippen molar-refractivity contribution in [2.75, 3.05) is 0 Å². The topological polar surface area (TPSA) is 52.0 Å². The van der Waals surface area contributed by atoms with Crippen LogP contribution in [0.15, 0.2) is 24.5 Å². The highest BCUT2D eigenvalue weighted by molar-refractivity contribution is 5.26. The Bertz CT molecular complexity index is 705. The fraction of sp³-hybridized carbons (Fsp3) is 0.600. The van der Waals surface area contributed by atoms with E-state index in [1.165, 1.54) is 48.9 Å². The lowest BCUT2D eigenvalue weighted by Crippen LogP contribution is -2.25. The molecule has 1 N–H and O–H groups in total. The Hall–Kier alpha value is -1.88. The first-order valence-electron chi connectivity index (χ1n) is 9.65. The van der Waals surface area contributed by atoms with Gasteiger partial charge in [-0.2, -0.15) is 5.10 Å². The molecule has 1 atom stereocenters. The Balaban J connectivity index is 1.37. The first-order chi connectivity index (χ1) is 12.3. The number of aromatic nitrogens is 3. The van der Waals surface area contributed by atoms with E-state index >= 15 is 0 Å². The molecule has 1 saturated carbocycles. The van der Waals surface area contributed by atoms with Gasteiger partial charge in [0, 0.05) is 43.2 Å². The molecule has 1 fully saturated rings. The lowest BCUT2D eigenvalue weighted by atomic mass is 9.93. The summed E-state index contributed by atoms with van der Waals surface area (Å²) < 4.78 is 8.11. The molecule has 0 spiro atoms. The second-order valence-corrected chi connectivity index (χ2v) is 7.38. The molecule has 0 amide bonds. The predicted molar refractivity (Wildman–Crippen MR) is 97.5 cm³/mol. The van der Waals surface area contributed by atoms with Crippen LogP contribution in [-0.4, -0.2) is 20.9 Å². The fourth-order valence-electron chi connectivity index (χ4n) is 4.14. The van der Waals surface area contributed by atoms with Crippen LogP contribution in [0.4, 0.5) is 0 Å². The minimum absolute atomic E-state index is 0.348. The molecule has 0 aromatic carbocycles. The van der Waals surface area contributed by atoms with Crippen LogP contribution in [-0.2, 0) is 20.0 Å². The average molecular weight is 340 g/mol. The van der Waals surface area contributed by atoms with Crippen molar-refractivity contribution in [1.82, 2.24) is 20.1 Å². The number of hydrogen-bond donors (Lipinski definition) is 1. The zero-order valence-corrected chi connectivity index (χ0v) is 15.1. The highest BCUT2D eigenvalue weighted by atomic mass is 16.5. The molecule has 2 aromatic rings. The molecule has 0 radical (unpaired) electrons. The van der Waals surface area contributed by atoms with Gasteiger partial charge in [0.2, 0.25) is 5.88 Å². The number of ether oxygens (including phenoxy) is 1. The molecule has 2 heterocycles. The van der Waals surface area contributed by atoms with Crippen LogP contribution < -0.4 is 10.1 Å². The van der Waals surface area contributed by atoms with Gasteiger partial charge in [-0.25, -0.2) is 4.98 Å². The summed E-state index contributed by atoms with van der Waals surface area (Å²) in [7, 11) is 2.04. The predicted octanol–water partition coefficient (Wildman–Crippen LogP) is 3.69. The fourth-order valence-corrected chi connectivity index (χ4v) is 4.14. The molecule has 2 aromatic heterocycles. The van der Waals surface area contributed by atoms with Gasteiger partial charge in [-0.15, -0.1) is 0 Å². The van der Waals surface area contributed by atoms with Crippen molar-refractivity contribution in [2.45, 2.75) is 70.1 Å². The van der Waals surface area contributed by atoms with E-state index in [2.05, 4.69) is 27.5 Å². The lowest BCUT2D eigenvalue weighted by molar-refractivity contribution is 0.148. The first-order valence-corrected chi connectivity index (χ1v) is 9.65. The number of rotatable bonds is 5. The van der Waals surface area contributed by atoms with Gasteiger partial charge in [0.25, 0.3) is 0 Å². The third-order valence-electron chi connectivity index (χ3n) is 5.57. The van der Waals surface area contributed by atoms with Crippen molar-refractivity contribution in [1.29, 1.82) is 0 Å². The van der Waals surface area contributed by atoms with E-state index in [1.54, 1.807) is 0 Å². The molecule has 0 aliphatic heterocycles. The molecule has 2 aliphatic carbocycles. The Morgan fingerprint density at radius 2 is 2.08 bits per heavy atom. The molecule has 4 rings (SSSR count). The Morgan fingerprint density at radius 1 is 1.20 bits per heavy atom. The monoisotopic (exact) mass is 340 g/mol. The summed E-state index contributed by atoms with van der Waals surface area (Å²) in [6.07, 6.45) is 14.0. The summed E-state index contributed by atoms with van der Waals surface area (Å²) in [6, 6.07) is 4.57. The molecule has 0 bridgehead atoms. The molecule has 0 saturated heterocycles. The standard InChI is InChI=1S/C20H28N4O/c1-24-19-9-5-8-18(17(19)14-23-24)22-13-15-10-11-21-20(12-15)25-16-6-3-2-4-7-16/h10-12,14,16,18,22H,2-9,13H2,1H3/t18-/m0/s1. The zero-order valence-electron chi connectivity index (χ0n) is 15.1. The SMILES string of the molecule is Cn1ncc2c1CCC[C@@H]2NCc1ccnc(OC2CCCCC2)c1. The molecule has 5 nitrogen and oxygen atoms in total. The number of pyridine rings is 1. The Morgan fingerprint density at radius 3 is 2.96 bits per heavy atom. The molecule has 2 aliphatic rings. The second-order valence-electron chi connectivity index (χ2n) is 7.38. The van der Waals surface area contributed by atoms with E-state index in [4.69, 9.17) is 4.74 Å². The highest BCUT2D eigenvalue weighted by Gasteiger charge is 2.23. The van der Waals surface area contributed by atoms with E-state index in [0.29, 0.717) is 12.1 Å². The summed E-state index contributed by atoms with van der Waals surface area (Å²) in [4.78, 5) is 4.40. The van der Waals surface area contributed by atoms with Crippen molar-refractivity contribution >= 4 is 0 Å². The molecule has 5 heteroatoms. The number of nitrogens with one attached hydrogen (secondary N) is 1. The summed E-state index contributed by atoms with van der Waals surface area (Å²) in [5, 5.41) is 8.13. The van der Waals surface area contributed by atoms with Crippen LogP contribution in [0.1, 0.15) is 67.8 Å². The van der Waals surface area contributed by atoms with Crippen LogP contribution in [0.5, 0.6) is 5.88 Å². The van der Waals surface area contributed by atoms with E-state index in [1.807, 2.05) is 24.1 Å². The number of fused-ring (bicyclic) bond motifs is 1. The minimum Gasteiger partial charge on any atom is -0.474 e. The summed E-state index contributed by atoms with van der Waals surface area (Å²) in [5.41, 5.74) is 3.97. The molecule has 25 heavy (non-hydrogen) atoms. The zero-order chi connectivity index (χ0) is 17.1. The number of hydrogen-bond acceptors (Lipinski definition) is 4. The van der Waals surface area contributed by atoms with Crippen molar-refractivity contribution in [3.63, 3.8) is 0 Å². The highest BCUT2D eigenvalue weighted by Crippen LogP contribution is 2.29. The maximum atomic E-state index is 6.10. The third-order valence-corrected chi connectivity index (χ3v) is 5.57. The third kappa shape index (κ3) is 3.87.